The van der Waals surface area contributed by atoms with Crippen molar-refractivity contribution in [3.05, 3.63) is 29.1 Å². The molecule has 0 bridgehead atoms. The molecule has 0 atom stereocenters. The molecule has 1 heterocycles. The van der Waals surface area contributed by atoms with Gasteiger partial charge >= 0.3 is 0 Å². The third kappa shape index (κ3) is 2.14. The van der Waals surface area contributed by atoms with E-state index < -0.39 is 0 Å². The first-order valence-corrected chi connectivity index (χ1v) is 5.73. The van der Waals surface area contributed by atoms with Crippen LogP contribution in [0.3, 0.4) is 0 Å². The Bertz CT molecular complexity index is 315. The van der Waals surface area contributed by atoms with Crippen LogP contribution in [0.1, 0.15) is 43.6 Å². The van der Waals surface area contributed by atoms with Gasteiger partial charge in [0.1, 0.15) is 0 Å². The monoisotopic (exact) mass is 189 g/mol. The van der Waals surface area contributed by atoms with Gasteiger partial charge in [-0.1, -0.05) is 19.9 Å². The van der Waals surface area contributed by atoms with E-state index in [1.807, 2.05) is 0 Å². The zero-order chi connectivity index (χ0) is 9.97. The molecule has 0 fully saturated rings. The highest BCUT2D eigenvalue weighted by atomic mass is 14.7. The van der Waals surface area contributed by atoms with Crippen LogP contribution in [0.2, 0.25) is 0 Å². The number of fused-ring (bicyclic) bond motifs is 1. The lowest BCUT2D eigenvalue weighted by Crippen LogP contribution is -2.08. The molecule has 0 saturated heterocycles. The molecular weight excluding hydrogens is 170 g/mol. The summed E-state index contributed by atoms with van der Waals surface area (Å²) < 4.78 is 0. The quantitative estimate of drug-likeness (QED) is 0.696. The van der Waals surface area contributed by atoms with Crippen molar-refractivity contribution in [2.75, 3.05) is 0 Å². The summed E-state index contributed by atoms with van der Waals surface area (Å²) in [5, 5.41) is 0. The molecule has 0 radical (unpaired) electrons. The minimum atomic E-state index is 0.712. The van der Waals surface area contributed by atoms with Gasteiger partial charge in [-0.15, -0.1) is 0 Å². The van der Waals surface area contributed by atoms with Crippen LogP contribution in [0.5, 0.6) is 0 Å². The maximum atomic E-state index is 4.75. The van der Waals surface area contributed by atoms with Crippen molar-refractivity contribution in [2.24, 2.45) is 5.92 Å². The average molecular weight is 189 g/mol. The van der Waals surface area contributed by atoms with E-state index in [0.717, 1.165) is 6.42 Å². The Morgan fingerprint density at radius 2 is 2.00 bits per heavy atom. The highest BCUT2D eigenvalue weighted by Crippen LogP contribution is 2.20. The number of pyridine rings is 1. The molecule has 1 aliphatic carbocycles. The molecule has 0 unspecified atom stereocenters. The normalized spacial score (nSPS) is 15.6. The van der Waals surface area contributed by atoms with Crippen molar-refractivity contribution in [3.63, 3.8) is 0 Å². The summed E-state index contributed by atoms with van der Waals surface area (Å²) in [5.74, 6) is 0.712. The second kappa shape index (κ2) is 4.12. The first-order chi connectivity index (χ1) is 6.75. The first kappa shape index (κ1) is 9.70. The van der Waals surface area contributed by atoms with Crippen LogP contribution in [-0.2, 0) is 19.3 Å². The third-order valence-electron chi connectivity index (χ3n) is 2.85. The first-order valence-electron chi connectivity index (χ1n) is 5.73. The molecule has 0 aromatic carbocycles. The summed E-state index contributed by atoms with van der Waals surface area (Å²) >= 11 is 0. The second-order valence-corrected chi connectivity index (χ2v) is 4.71. The molecule has 2 rings (SSSR count). The third-order valence-corrected chi connectivity index (χ3v) is 2.85. The van der Waals surface area contributed by atoms with E-state index in [1.54, 1.807) is 0 Å². The maximum absolute atomic E-state index is 4.75. The SMILES string of the molecule is CC(C)Cc1ccc2c(n1)CCCC2. The molecular formula is C13H19N. The van der Waals surface area contributed by atoms with Gasteiger partial charge in [-0.3, -0.25) is 4.98 Å². The number of hydrogen-bond donors (Lipinski definition) is 0. The highest BCUT2D eigenvalue weighted by molar-refractivity contribution is 5.25. The topological polar surface area (TPSA) is 12.9 Å². The minimum absolute atomic E-state index is 0.712. The van der Waals surface area contributed by atoms with E-state index in [0.29, 0.717) is 5.92 Å². The van der Waals surface area contributed by atoms with Gasteiger partial charge in [0.05, 0.1) is 0 Å². The van der Waals surface area contributed by atoms with E-state index in [9.17, 15) is 0 Å². The van der Waals surface area contributed by atoms with Crippen LogP contribution >= 0.6 is 0 Å². The van der Waals surface area contributed by atoms with Crippen LogP contribution in [-0.4, -0.2) is 4.98 Å². The van der Waals surface area contributed by atoms with Gasteiger partial charge in [0.15, 0.2) is 0 Å². The second-order valence-electron chi connectivity index (χ2n) is 4.71. The molecule has 0 aliphatic heterocycles. The molecule has 76 valence electrons. The summed E-state index contributed by atoms with van der Waals surface area (Å²) in [7, 11) is 0. The Labute approximate surface area is 86.6 Å². The molecule has 0 N–H and O–H groups in total. The molecule has 1 heteroatoms. The lowest BCUT2D eigenvalue weighted by molar-refractivity contribution is 0.619. The minimum Gasteiger partial charge on any atom is -0.258 e. The molecule has 1 aromatic rings. The van der Waals surface area contributed by atoms with Gasteiger partial charge in [-0.25, -0.2) is 0 Å². The van der Waals surface area contributed by atoms with Crippen molar-refractivity contribution in [2.45, 2.75) is 46.0 Å². The Morgan fingerprint density at radius 3 is 2.79 bits per heavy atom. The van der Waals surface area contributed by atoms with Gasteiger partial charge < -0.3 is 0 Å². The van der Waals surface area contributed by atoms with Crippen molar-refractivity contribution < 1.29 is 0 Å². The van der Waals surface area contributed by atoms with E-state index in [4.69, 9.17) is 4.98 Å². The van der Waals surface area contributed by atoms with Crippen molar-refractivity contribution in [3.8, 4) is 0 Å². The molecule has 14 heavy (non-hydrogen) atoms. The van der Waals surface area contributed by atoms with Crippen molar-refractivity contribution >= 4 is 0 Å². The van der Waals surface area contributed by atoms with Gasteiger partial charge in [0, 0.05) is 11.4 Å². The Balaban J connectivity index is 2.20. The van der Waals surface area contributed by atoms with Crippen LogP contribution < -0.4 is 0 Å². The molecule has 1 aromatic heterocycles. The summed E-state index contributed by atoms with van der Waals surface area (Å²) in [4.78, 5) is 4.75. The summed E-state index contributed by atoms with van der Waals surface area (Å²) in [6, 6.07) is 4.50. The fourth-order valence-electron chi connectivity index (χ4n) is 2.16. The Kier molecular flexibility index (Phi) is 2.85. The van der Waals surface area contributed by atoms with Crippen LogP contribution in [0.4, 0.5) is 0 Å². The zero-order valence-electron chi connectivity index (χ0n) is 9.21. The fourth-order valence-corrected chi connectivity index (χ4v) is 2.16. The van der Waals surface area contributed by atoms with Gasteiger partial charge in [0.25, 0.3) is 0 Å². The van der Waals surface area contributed by atoms with E-state index in [2.05, 4.69) is 26.0 Å². The predicted molar refractivity (Wildman–Crippen MR) is 59.4 cm³/mol. The molecule has 0 spiro atoms. The molecule has 0 saturated carbocycles. The summed E-state index contributed by atoms with van der Waals surface area (Å²) in [6.45, 7) is 4.50. The van der Waals surface area contributed by atoms with E-state index in [1.165, 1.54) is 42.6 Å². The average Bonchev–Trinajstić information content (AvgIpc) is 2.17. The van der Waals surface area contributed by atoms with Crippen molar-refractivity contribution in [1.29, 1.82) is 0 Å². The lowest BCUT2D eigenvalue weighted by Gasteiger charge is -2.15. The number of aryl methyl sites for hydroxylation is 2. The van der Waals surface area contributed by atoms with E-state index >= 15 is 0 Å². The van der Waals surface area contributed by atoms with Crippen LogP contribution in [0.25, 0.3) is 0 Å². The Hall–Kier alpha value is -0.850. The molecule has 0 amide bonds. The maximum Gasteiger partial charge on any atom is 0.0438 e. The summed E-state index contributed by atoms with van der Waals surface area (Å²) in [5.41, 5.74) is 4.14. The van der Waals surface area contributed by atoms with Crippen LogP contribution in [0, 0.1) is 5.92 Å². The van der Waals surface area contributed by atoms with Crippen LogP contribution in [0.15, 0.2) is 12.1 Å². The highest BCUT2D eigenvalue weighted by Gasteiger charge is 2.11. The van der Waals surface area contributed by atoms with E-state index in [-0.39, 0.29) is 0 Å². The number of rotatable bonds is 2. The van der Waals surface area contributed by atoms with Crippen molar-refractivity contribution in [1.82, 2.24) is 4.98 Å². The number of aromatic nitrogens is 1. The largest absolute Gasteiger partial charge is 0.258 e. The van der Waals surface area contributed by atoms with Gasteiger partial charge in [0.2, 0.25) is 0 Å². The smallest absolute Gasteiger partial charge is 0.0438 e. The van der Waals surface area contributed by atoms with Gasteiger partial charge in [-0.2, -0.15) is 0 Å². The molecule has 1 aliphatic rings. The lowest BCUT2D eigenvalue weighted by atomic mass is 9.95. The summed E-state index contributed by atoms with van der Waals surface area (Å²) in [6.07, 6.45) is 6.22. The zero-order valence-corrected chi connectivity index (χ0v) is 9.21. The fraction of sp³-hybridized carbons (Fsp3) is 0.615. The Morgan fingerprint density at radius 1 is 1.21 bits per heavy atom. The predicted octanol–water partition coefficient (Wildman–Crippen LogP) is 3.16. The number of nitrogens with zero attached hydrogens (tertiary/aromatic N) is 1. The van der Waals surface area contributed by atoms with Gasteiger partial charge in [-0.05, 0) is 49.7 Å². The molecule has 1 nitrogen and oxygen atoms in total. The standard InChI is InChI=1S/C13H19N/c1-10(2)9-12-8-7-11-5-3-4-6-13(11)14-12/h7-8,10H,3-6,9H2,1-2H3. The number of hydrogen-bond acceptors (Lipinski definition) is 1.